The van der Waals surface area contributed by atoms with Crippen molar-refractivity contribution in [2.24, 2.45) is 0 Å². The highest BCUT2D eigenvalue weighted by atomic mass is 28.4. The van der Waals surface area contributed by atoms with E-state index in [0.717, 1.165) is 11.3 Å². The number of aliphatic hydroxyl groups is 1. The highest BCUT2D eigenvalue weighted by Crippen LogP contribution is 2.36. The van der Waals surface area contributed by atoms with Gasteiger partial charge in [-0.3, -0.25) is 0 Å². The van der Waals surface area contributed by atoms with Gasteiger partial charge >= 0.3 is 0 Å². The van der Waals surface area contributed by atoms with Crippen molar-refractivity contribution in [3.63, 3.8) is 0 Å². The molecule has 0 fully saturated rings. The van der Waals surface area contributed by atoms with Crippen LogP contribution in [-0.2, 0) is 10.8 Å². The number of ether oxygens (including phenoxy) is 1. The van der Waals surface area contributed by atoms with Gasteiger partial charge in [-0.05, 0) is 36.2 Å². The molecule has 0 aliphatic carbocycles. The van der Waals surface area contributed by atoms with E-state index in [1.54, 1.807) is 0 Å². The summed E-state index contributed by atoms with van der Waals surface area (Å²) in [6.45, 7) is 12.5. The third kappa shape index (κ3) is 4.92. The van der Waals surface area contributed by atoms with Crippen molar-refractivity contribution in [1.82, 2.24) is 0 Å². The minimum atomic E-state index is -1.69. The lowest BCUT2D eigenvalue weighted by Gasteiger charge is -2.36. The summed E-state index contributed by atoms with van der Waals surface area (Å²) >= 11 is 0. The summed E-state index contributed by atoms with van der Waals surface area (Å²) in [4.78, 5) is 0. The maximum Gasteiger partial charge on any atom is 0.192 e. The molecule has 0 aliphatic heterocycles. The van der Waals surface area contributed by atoms with E-state index in [1.807, 2.05) is 24.3 Å². The van der Waals surface area contributed by atoms with E-state index in [2.05, 4.69) is 33.9 Å². The minimum absolute atomic E-state index is 0.140. The van der Waals surface area contributed by atoms with Gasteiger partial charge in [0.2, 0.25) is 0 Å². The van der Waals surface area contributed by atoms with E-state index >= 15 is 0 Å². The molecule has 114 valence electrons. The van der Waals surface area contributed by atoms with E-state index in [9.17, 15) is 0 Å². The van der Waals surface area contributed by atoms with Crippen LogP contribution < -0.4 is 4.74 Å². The summed E-state index contributed by atoms with van der Waals surface area (Å²) in [6.07, 6.45) is 0.624. The Balaban J connectivity index is 2.46. The van der Waals surface area contributed by atoms with Gasteiger partial charge in [0.05, 0.1) is 6.61 Å². The van der Waals surface area contributed by atoms with Crippen LogP contribution in [0, 0.1) is 0 Å². The Labute approximate surface area is 124 Å². The normalized spacial score (nSPS) is 12.5. The van der Waals surface area contributed by atoms with E-state index in [0.29, 0.717) is 19.6 Å². The van der Waals surface area contributed by atoms with Crippen LogP contribution in [0.5, 0.6) is 5.75 Å². The molecule has 20 heavy (non-hydrogen) atoms. The zero-order valence-corrected chi connectivity index (χ0v) is 14.4. The SMILES string of the molecule is CC(C)(C)[Si](C)(C)OCCOc1ccccc1CCO. The van der Waals surface area contributed by atoms with Crippen LogP contribution in [0.4, 0.5) is 0 Å². The molecule has 1 N–H and O–H groups in total. The quantitative estimate of drug-likeness (QED) is 0.617. The highest BCUT2D eigenvalue weighted by molar-refractivity contribution is 6.74. The van der Waals surface area contributed by atoms with Gasteiger partial charge < -0.3 is 14.3 Å². The number of benzene rings is 1. The summed E-state index contributed by atoms with van der Waals surface area (Å²) in [7, 11) is -1.69. The zero-order chi connectivity index (χ0) is 15.2. The molecule has 0 aromatic heterocycles. The first-order valence-electron chi connectivity index (χ1n) is 7.23. The van der Waals surface area contributed by atoms with Crippen LogP contribution >= 0.6 is 0 Å². The average molecular weight is 296 g/mol. The van der Waals surface area contributed by atoms with Crippen LogP contribution in [0.3, 0.4) is 0 Å². The Morgan fingerprint density at radius 2 is 1.75 bits per heavy atom. The zero-order valence-electron chi connectivity index (χ0n) is 13.4. The summed E-state index contributed by atoms with van der Waals surface area (Å²) in [5.41, 5.74) is 1.04. The van der Waals surface area contributed by atoms with Gasteiger partial charge in [-0.2, -0.15) is 0 Å². The van der Waals surface area contributed by atoms with Gasteiger partial charge in [0, 0.05) is 6.61 Å². The van der Waals surface area contributed by atoms with Gasteiger partial charge in [-0.1, -0.05) is 39.0 Å². The molecule has 0 radical (unpaired) electrons. The third-order valence-electron chi connectivity index (χ3n) is 3.96. The largest absolute Gasteiger partial charge is 0.491 e. The van der Waals surface area contributed by atoms with Crippen molar-refractivity contribution in [2.75, 3.05) is 19.8 Å². The molecule has 1 aromatic carbocycles. The molecule has 0 spiro atoms. The predicted molar refractivity (Wildman–Crippen MR) is 85.9 cm³/mol. The van der Waals surface area contributed by atoms with E-state index in [1.165, 1.54) is 0 Å². The molecule has 0 atom stereocenters. The molecule has 0 heterocycles. The Bertz CT molecular complexity index is 410. The Kier molecular flexibility index (Phi) is 6.24. The standard InChI is InChI=1S/C16H28O3Si/c1-16(2,3)20(4,5)19-13-12-18-15-9-7-6-8-14(15)10-11-17/h6-9,17H,10-13H2,1-5H3. The lowest BCUT2D eigenvalue weighted by molar-refractivity contribution is 0.201. The maximum atomic E-state index is 9.04. The minimum Gasteiger partial charge on any atom is -0.491 e. The fourth-order valence-corrected chi connectivity index (χ4v) is 2.66. The second-order valence-electron chi connectivity index (χ2n) is 6.54. The van der Waals surface area contributed by atoms with E-state index in [-0.39, 0.29) is 11.6 Å². The number of hydrogen-bond acceptors (Lipinski definition) is 3. The number of aliphatic hydroxyl groups excluding tert-OH is 1. The molecular formula is C16H28O3Si. The summed E-state index contributed by atoms with van der Waals surface area (Å²) in [5, 5.41) is 9.26. The topological polar surface area (TPSA) is 38.7 Å². The molecule has 0 unspecified atom stereocenters. The van der Waals surface area contributed by atoms with Crippen LogP contribution in [0.1, 0.15) is 26.3 Å². The molecule has 1 aromatic rings. The van der Waals surface area contributed by atoms with Crippen LogP contribution in [0.2, 0.25) is 18.1 Å². The number of hydrogen-bond donors (Lipinski definition) is 1. The monoisotopic (exact) mass is 296 g/mol. The maximum absolute atomic E-state index is 9.04. The van der Waals surface area contributed by atoms with Crippen molar-refractivity contribution in [3.8, 4) is 5.75 Å². The highest BCUT2D eigenvalue weighted by Gasteiger charge is 2.36. The van der Waals surface area contributed by atoms with Gasteiger partial charge in [-0.25, -0.2) is 0 Å². The van der Waals surface area contributed by atoms with Crippen molar-refractivity contribution < 1.29 is 14.3 Å². The molecular weight excluding hydrogens is 268 g/mol. The summed E-state index contributed by atoms with van der Waals surface area (Å²) in [5.74, 6) is 0.848. The fourth-order valence-electron chi connectivity index (χ4n) is 1.64. The van der Waals surface area contributed by atoms with Gasteiger partial charge in [0.15, 0.2) is 8.32 Å². The van der Waals surface area contributed by atoms with Crippen LogP contribution in [0.15, 0.2) is 24.3 Å². The number of para-hydroxylation sites is 1. The van der Waals surface area contributed by atoms with E-state index in [4.69, 9.17) is 14.3 Å². The van der Waals surface area contributed by atoms with Crippen molar-refractivity contribution in [1.29, 1.82) is 0 Å². The number of rotatable bonds is 7. The van der Waals surface area contributed by atoms with Gasteiger partial charge in [-0.15, -0.1) is 0 Å². The predicted octanol–water partition coefficient (Wildman–Crippen LogP) is 3.62. The molecule has 0 saturated carbocycles. The Hall–Kier alpha value is -0.843. The first kappa shape index (κ1) is 17.2. The molecule has 0 amide bonds. The van der Waals surface area contributed by atoms with Crippen LogP contribution in [-0.4, -0.2) is 33.2 Å². The van der Waals surface area contributed by atoms with Crippen LogP contribution in [0.25, 0.3) is 0 Å². The first-order valence-corrected chi connectivity index (χ1v) is 10.1. The van der Waals surface area contributed by atoms with E-state index < -0.39 is 8.32 Å². The molecule has 0 bridgehead atoms. The lowest BCUT2D eigenvalue weighted by atomic mass is 10.1. The Morgan fingerprint density at radius 3 is 2.35 bits per heavy atom. The Morgan fingerprint density at radius 1 is 1.10 bits per heavy atom. The first-order chi connectivity index (χ1) is 9.28. The molecule has 4 heteroatoms. The molecule has 3 nitrogen and oxygen atoms in total. The second-order valence-corrected chi connectivity index (χ2v) is 11.3. The molecule has 0 aliphatic rings. The lowest BCUT2D eigenvalue weighted by Crippen LogP contribution is -2.41. The summed E-state index contributed by atoms with van der Waals surface area (Å²) < 4.78 is 11.9. The van der Waals surface area contributed by atoms with Gasteiger partial charge in [0.1, 0.15) is 12.4 Å². The van der Waals surface area contributed by atoms with Crippen molar-refractivity contribution in [2.45, 2.75) is 45.3 Å². The summed E-state index contributed by atoms with van der Waals surface area (Å²) in [6, 6.07) is 7.84. The third-order valence-corrected chi connectivity index (χ3v) is 8.50. The second kappa shape index (κ2) is 7.25. The smallest absolute Gasteiger partial charge is 0.192 e. The fraction of sp³-hybridized carbons (Fsp3) is 0.625. The molecule has 1 rings (SSSR count). The average Bonchev–Trinajstić information content (AvgIpc) is 2.35. The van der Waals surface area contributed by atoms with Crippen molar-refractivity contribution in [3.05, 3.63) is 29.8 Å². The molecule has 0 saturated heterocycles. The van der Waals surface area contributed by atoms with Gasteiger partial charge in [0.25, 0.3) is 0 Å². The van der Waals surface area contributed by atoms with Crippen molar-refractivity contribution >= 4 is 8.32 Å².